The van der Waals surface area contributed by atoms with E-state index in [9.17, 15) is 34.5 Å². The molecule has 226 valence electrons. The molecule has 0 aromatic rings. The predicted octanol–water partition coefficient (Wildman–Crippen LogP) is 1.79. The summed E-state index contributed by atoms with van der Waals surface area (Å²) in [6.07, 6.45) is -4.70. The Morgan fingerprint density at radius 2 is 1.73 bits per heavy atom. The first kappa shape index (κ1) is 29.7. The molecule has 2 heterocycles. The van der Waals surface area contributed by atoms with Gasteiger partial charge in [0.1, 0.15) is 12.2 Å². The summed E-state index contributed by atoms with van der Waals surface area (Å²) in [5, 5.41) is 33.9. The van der Waals surface area contributed by atoms with Gasteiger partial charge in [0.2, 0.25) is 11.7 Å². The minimum absolute atomic E-state index is 0.0209. The minimum Gasteiger partial charge on any atom is -0.504 e. The molecule has 2 aliphatic heterocycles. The number of fused-ring (bicyclic) bond motifs is 2. The molecule has 11 heteroatoms. The summed E-state index contributed by atoms with van der Waals surface area (Å²) in [5.74, 6) is -6.24. The van der Waals surface area contributed by atoms with E-state index in [0.29, 0.717) is 5.57 Å². The molecule has 0 amide bonds. The Labute approximate surface area is 238 Å². The number of ether oxygens (including phenoxy) is 4. The lowest BCUT2D eigenvalue weighted by molar-refractivity contribution is -0.290. The topological polar surface area (TPSA) is 166 Å². The summed E-state index contributed by atoms with van der Waals surface area (Å²) in [6.45, 7) is 10.9. The summed E-state index contributed by atoms with van der Waals surface area (Å²) in [6, 6.07) is 0. The third-order valence-corrected chi connectivity index (χ3v) is 10.7. The molecule has 11 nitrogen and oxygen atoms in total. The van der Waals surface area contributed by atoms with Gasteiger partial charge < -0.3 is 34.3 Å². The molecule has 3 N–H and O–H groups in total. The van der Waals surface area contributed by atoms with Gasteiger partial charge in [0.05, 0.1) is 25.7 Å². The number of allylic oxidation sites excluding steroid dienone is 3. The molecule has 5 aliphatic rings. The van der Waals surface area contributed by atoms with Gasteiger partial charge in [-0.15, -0.1) is 0 Å². The Morgan fingerprint density at radius 1 is 1.10 bits per heavy atom. The van der Waals surface area contributed by atoms with Crippen molar-refractivity contribution in [3.63, 3.8) is 0 Å². The number of hydrogen-bond acceptors (Lipinski definition) is 11. The maximum atomic E-state index is 13.6. The van der Waals surface area contributed by atoms with E-state index in [4.69, 9.17) is 18.9 Å². The lowest BCUT2D eigenvalue weighted by atomic mass is 9.38. The van der Waals surface area contributed by atoms with Crippen molar-refractivity contribution in [2.24, 2.45) is 40.4 Å². The Hall–Kier alpha value is -2.76. The Morgan fingerprint density at radius 3 is 2.32 bits per heavy atom. The van der Waals surface area contributed by atoms with Crippen molar-refractivity contribution in [2.75, 3.05) is 13.7 Å². The molecule has 4 fully saturated rings. The van der Waals surface area contributed by atoms with Crippen molar-refractivity contribution in [1.29, 1.82) is 0 Å². The number of rotatable bonds is 5. The normalized spacial score (nSPS) is 42.9. The second-order valence-electron chi connectivity index (χ2n) is 13.2. The lowest BCUT2D eigenvalue weighted by Crippen LogP contribution is -2.79. The van der Waals surface area contributed by atoms with Gasteiger partial charge in [-0.25, -0.2) is 14.4 Å². The number of Topliss-reactive ketones (excluding diaryl/α,β-unsaturated/α-hetero) is 1. The van der Waals surface area contributed by atoms with Crippen LogP contribution >= 0.6 is 0 Å². The molecule has 2 saturated heterocycles. The maximum Gasteiger partial charge on any atom is 0.348 e. The highest BCUT2D eigenvalue weighted by atomic mass is 16.6. The van der Waals surface area contributed by atoms with Crippen LogP contribution in [-0.2, 0) is 38.1 Å². The largest absolute Gasteiger partial charge is 0.504 e. The zero-order chi connectivity index (χ0) is 30.4. The van der Waals surface area contributed by atoms with Crippen molar-refractivity contribution < 1.29 is 53.4 Å². The van der Waals surface area contributed by atoms with Crippen LogP contribution in [0.1, 0.15) is 54.4 Å². The first-order valence-corrected chi connectivity index (χ1v) is 14.2. The first-order chi connectivity index (χ1) is 19.1. The number of esters is 3. The molecule has 0 radical (unpaired) electrons. The van der Waals surface area contributed by atoms with E-state index in [-0.39, 0.29) is 37.0 Å². The molecular weight excluding hydrogens is 536 g/mol. The number of aliphatic hydroxyl groups excluding tert-OH is 3. The van der Waals surface area contributed by atoms with Crippen LogP contribution in [0.25, 0.3) is 0 Å². The van der Waals surface area contributed by atoms with E-state index in [1.165, 1.54) is 6.08 Å². The average Bonchev–Trinajstić information content (AvgIpc) is 3.20. The van der Waals surface area contributed by atoms with Gasteiger partial charge in [-0.3, -0.25) is 4.79 Å². The summed E-state index contributed by atoms with van der Waals surface area (Å²) < 4.78 is 22.9. The Kier molecular flexibility index (Phi) is 6.99. The molecule has 41 heavy (non-hydrogen) atoms. The average molecular weight is 577 g/mol. The van der Waals surface area contributed by atoms with Crippen molar-refractivity contribution in [1.82, 2.24) is 0 Å². The molecule has 0 aromatic heterocycles. The number of hydrogen-bond donors (Lipinski definition) is 3. The molecule has 10 atom stereocenters. The SMILES string of the molecule is COC(=O)[C@@]12OC[C@@]34C1C(OC(=O)C=C(C(C)C)C(C)C)C(=O)O[C@@H]3C[C@H]1C(C)=C(O)C(=O)C[C@]1(C)[C@H]4[C@@H](O)[C@@H]2O. The van der Waals surface area contributed by atoms with Crippen LogP contribution in [0.4, 0.5) is 0 Å². The number of ketones is 1. The van der Waals surface area contributed by atoms with Gasteiger partial charge >= 0.3 is 17.9 Å². The van der Waals surface area contributed by atoms with Crippen molar-refractivity contribution >= 4 is 23.7 Å². The second kappa shape index (κ2) is 9.64. The third kappa shape index (κ3) is 3.74. The highest BCUT2D eigenvalue weighted by molar-refractivity contribution is 5.95. The molecule has 2 saturated carbocycles. The van der Waals surface area contributed by atoms with E-state index in [2.05, 4.69) is 0 Å². The monoisotopic (exact) mass is 576 g/mol. The van der Waals surface area contributed by atoms with Gasteiger partial charge in [0, 0.05) is 23.8 Å². The van der Waals surface area contributed by atoms with Crippen molar-refractivity contribution in [3.05, 3.63) is 23.0 Å². The Bertz CT molecular complexity index is 1240. The van der Waals surface area contributed by atoms with Crippen LogP contribution in [0, 0.1) is 40.4 Å². The second-order valence-corrected chi connectivity index (χ2v) is 13.2. The molecular formula is C30H40O11. The van der Waals surface area contributed by atoms with Crippen LogP contribution in [0.3, 0.4) is 0 Å². The fraction of sp³-hybridized carbons (Fsp3) is 0.733. The highest BCUT2D eigenvalue weighted by Gasteiger charge is 2.85. The van der Waals surface area contributed by atoms with Gasteiger partial charge in [-0.1, -0.05) is 40.2 Å². The van der Waals surface area contributed by atoms with Crippen LogP contribution in [0.15, 0.2) is 23.0 Å². The van der Waals surface area contributed by atoms with Gasteiger partial charge in [-0.2, -0.15) is 0 Å². The fourth-order valence-corrected chi connectivity index (χ4v) is 9.15. The number of carbonyl (C=O) groups excluding carboxylic acids is 4. The van der Waals surface area contributed by atoms with Crippen LogP contribution in [0.5, 0.6) is 0 Å². The fourth-order valence-electron chi connectivity index (χ4n) is 9.15. The predicted molar refractivity (Wildman–Crippen MR) is 141 cm³/mol. The van der Waals surface area contributed by atoms with Crippen LogP contribution in [0.2, 0.25) is 0 Å². The maximum absolute atomic E-state index is 13.6. The van der Waals surface area contributed by atoms with Crippen LogP contribution < -0.4 is 0 Å². The van der Waals surface area contributed by atoms with E-state index >= 15 is 0 Å². The standard InChI is InChI=1S/C30H40O11/c1-12(2)15(13(3)4)8-19(32)41-22-24-29-11-39-30(24,27(37)38-7)25(35)21(34)23(29)28(6)10-17(31)20(33)14(5)16(28)9-18(29)40-26(22)36/h8,12-13,16,18,21-25,33-35H,9-11H2,1-7H3/t16-,18+,21+,22?,23+,24?,25-,28-,29+,30+/m0/s1. The smallest absolute Gasteiger partial charge is 0.348 e. The number of carbonyl (C=O) groups is 4. The van der Waals surface area contributed by atoms with Gasteiger partial charge in [0.15, 0.2) is 11.5 Å². The number of aliphatic hydroxyl groups is 3. The van der Waals surface area contributed by atoms with Gasteiger partial charge in [-0.05, 0) is 42.1 Å². The van der Waals surface area contributed by atoms with Crippen molar-refractivity contribution in [3.8, 4) is 0 Å². The zero-order valence-electron chi connectivity index (χ0n) is 24.5. The molecule has 1 spiro atoms. The molecule has 3 aliphatic carbocycles. The Balaban J connectivity index is 1.69. The van der Waals surface area contributed by atoms with E-state index in [1.807, 2.05) is 27.7 Å². The molecule has 5 rings (SSSR count). The number of methoxy groups -OCH3 is 1. The van der Waals surface area contributed by atoms with Gasteiger partial charge in [0.25, 0.3) is 0 Å². The summed E-state index contributed by atoms with van der Waals surface area (Å²) in [7, 11) is 1.10. The van der Waals surface area contributed by atoms with Crippen molar-refractivity contribution in [2.45, 2.75) is 84.4 Å². The van der Waals surface area contributed by atoms with E-state index < -0.39 is 82.3 Å². The lowest BCUT2D eigenvalue weighted by Gasteiger charge is -2.67. The summed E-state index contributed by atoms with van der Waals surface area (Å²) in [4.78, 5) is 53.3. The van der Waals surface area contributed by atoms with E-state index in [0.717, 1.165) is 12.7 Å². The molecule has 2 bridgehead atoms. The minimum atomic E-state index is -2.23. The quantitative estimate of drug-likeness (QED) is 0.248. The van der Waals surface area contributed by atoms with Crippen LogP contribution in [-0.4, -0.2) is 82.7 Å². The van der Waals surface area contributed by atoms with E-state index in [1.54, 1.807) is 13.8 Å². The summed E-state index contributed by atoms with van der Waals surface area (Å²) in [5.41, 5.74) is -3.35. The first-order valence-electron chi connectivity index (χ1n) is 14.2. The zero-order valence-corrected chi connectivity index (χ0v) is 24.5. The molecule has 2 unspecified atom stereocenters. The summed E-state index contributed by atoms with van der Waals surface area (Å²) >= 11 is 0. The highest BCUT2D eigenvalue weighted by Crippen LogP contribution is 2.72. The third-order valence-electron chi connectivity index (χ3n) is 10.7. The molecule has 0 aromatic carbocycles.